The van der Waals surface area contributed by atoms with E-state index in [1.165, 1.54) is 10.5 Å². The zero-order chi connectivity index (χ0) is 12.3. The summed E-state index contributed by atoms with van der Waals surface area (Å²) in [6, 6.07) is 6.98. The second-order valence-corrected chi connectivity index (χ2v) is 3.98. The van der Waals surface area contributed by atoms with E-state index < -0.39 is 0 Å². The molecule has 0 atom stereocenters. The van der Waals surface area contributed by atoms with E-state index in [0.29, 0.717) is 18.7 Å². The van der Waals surface area contributed by atoms with Crippen LogP contribution in [0, 0.1) is 0 Å². The number of rotatable bonds is 4. The maximum atomic E-state index is 11.8. The molecule has 0 saturated heterocycles. The number of fused-ring (bicyclic) bond motifs is 1. The number of likely N-dealkylation sites (N-methyl/N-ethyl adjacent to an activating group) is 1. The number of hydrogen-bond donors (Lipinski definition) is 1. The Morgan fingerprint density at radius 1 is 1.47 bits per heavy atom. The SMILES string of the molecule is CN(CCO)Cc1cc(=O)n2ccccc2n1. The molecule has 2 aromatic heterocycles. The van der Waals surface area contributed by atoms with Gasteiger partial charge in [-0.2, -0.15) is 0 Å². The van der Waals surface area contributed by atoms with Crippen LogP contribution in [-0.4, -0.2) is 39.6 Å². The van der Waals surface area contributed by atoms with Gasteiger partial charge in [0.1, 0.15) is 5.65 Å². The standard InChI is InChI=1S/C12H15N3O2/c1-14(6-7-16)9-10-8-12(17)15-5-3-2-4-11(15)13-10/h2-5,8,16H,6-7,9H2,1H3. The van der Waals surface area contributed by atoms with Crippen molar-refractivity contribution in [3.8, 4) is 0 Å². The molecule has 0 aliphatic heterocycles. The molecule has 0 aromatic carbocycles. The fourth-order valence-electron chi connectivity index (χ4n) is 1.71. The van der Waals surface area contributed by atoms with E-state index in [1.54, 1.807) is 18.3 Å². The van der Waals surface area contributed by atoms with Crippen LogP contribution < -0.4 is 5.56 Å². The van der Waals surface area contributed by atoms with E-state index in [1.807, 2.05) is 18.0 Å². The third-order valence-corrected chi connectivity index (χ3v) is 2.54. The lowest BCUT2D eigenvalue weighted by Gasteiger charge is -2.14. The maximum absolute atomic E-state index is 11.8. The van der Waals surface area contributed by atoms with Crippen LogP contribution in [0.3, 0.4) is 0 Å². The summed E-state index contributed by atoms with van der Waals surface area (Å²) in [7, 11) is 1.88. The fraction of sp³-hybridized carbons (Fsp3) is 0.333. The second-order valence-electron chi connectivity index (χ2n) is 3.98. The van der Waals surface area contributed by atoms with Crippen molar-refractivity contribution in [1.29, 1.82) is 0 Å². The highest BCUT2D eigenvalue weighted by molar-refractivity contribution is 5.37. The van der Waals surface area contributed by atoms with E-state index in [9.17, 15) is 4.79 Å². The Kier molecular flexibility index (Phi) is 3.51. The molecule has 1 N–H and O–H groups in total. The molecule has 90 valence electrons. The summed E-state index contributed by atoms with van der Waals surface area (Å²) in [5.41, 5.74) is 1.28. The number of pyridine rings is 1. The van der Waals surface area contributed by atoms with Crippen LogP contribution in [0.5, 0.6) is 0 Å². The number of nitrogens with zero attached hydrogens (tertiary/aromatic N) is 3. The highest BCUT2D eigenvalue weighted by Crippen LogP contribution is 2.01. The molecular formula is C12H15N3O2. The molecule has 17 heavy (non-hydrogen) atoms. The third-order valence-electron chi connectivity index (χ3n) is 2.54. The number of aliphatic hydroxyl groups is 1. The fourth-order valence-corrected chi connectivity index (χ4v) is 1.71. The topological polar surface area (TPSA) is 57.8 Å². The molecule has 0 unspecified atom stereocenters. The van der Waals surface area contributed by atoms with E-state index >= 15 is 0 Å². The highest BCUT2D eigenvalue weighted by atomic mass is 16.3. The van der Waals surface area contributed by atoms with Gasteiger partial charge in [0.2, 0.25) is 0 Å². The van der Waals surface area contributed by atoms with Crippen molar-refractivity contribution in [2.24, 2.45) is 0 Å². The molecule has 0 aliphatic carbocycles. The van der Waals surface area contributed by atoms with Gasteiger partial charge in [-0.25, -0.2) is 4.98 Å². The molecule has 0 fully saturated rings. The summed E-state index contributed by atoms with van der Waals surface area (Å²) in [5.74, 6) is 0. The summed E-state index contributed by atoms with van der Waals surface area (Å²) >= 11 is 0. The first-order valence-corrected chi connectivity index (χ1v) is 5.47. The van der Waals surface area contributed by atoms with Gasteiger partial charge in [-0.05, 0) is 19.2 Å². The smallest absolute Gasteiger partial charge is 0.258 e. The summed E-state index contributed by atoms with van der Waals surface area (Å²) < 4.78 is 1.51. The molecule has 0 amide bonds. The van der Waals surface area contributed by atoms with Crippen LogP contribution in [0.2, 0.25) is 0 Å². The van der Waals surface area contributed by atoms with Crippen molar-refractivity contribution in [1.82, 2.24) is 14.3 Å². The van der Waals surface area contributed by atoms with E-state index in [2.05, 4.69) is 4.98 Å². The van der Waals surface area contributed by atoms with Crippen molar-refractivity contribution in [2.75, 3.05) is 20.2 Å². The predicted molar refractivity (Wildman–Crippen MR) is 64.9 cm³/mol. The minimum atomic E-state index is -0.0806. The summed E-state index contributed by atoms with van der Waals surface area (Å²) in [6.45, 7) is 1.22. The lowest BCUT2D eigenvalue weighted by atomic mass is 10.3. The van der Waals surface area contributed by atoms with Gasteiger partial charge in [0.05, 0.1) is 12.3 Å². The van der Waals surface area contributed by atoms with Crippen molar-refractivity contribution >= 4 is 5.65 Å². The largest absolute Gasteiger partial charge is 0.395 e. The zero-order valence-corrected chi connectivity index (χ0v) is 9.71. The summed E-state index contributed by atoms with van der Waals surface area (Å²) in [4.78, 5) is 18.1. The van der Waals surface area contributed by atoms with Crippen LogP contribution in [0.25, 0.3) is 5.65 Å². The Bertz CT molecular complexity index is 565. The van der Waals surface area contributed by atoms with Crippen molar-refractivity contribution in [3.63, 3.8) is 0 Å². The van der Waals surface area contributed by atoms with Gasteiger partial charge in [0, 0.05) is 25.4 Å². The lowest BCUT2D eigenvalue weighted by Crippen LogP contribution is -2.24. The first-order valence-electron chi connectivity index (χ1n) is 5.47. The second kappa shape index (κ2) is 5.07. The molecule has 2 rings (SSSR count). The van der Waals surface area contributed by atoms with E-state index in [4.69, 9.17) is 5.11 Å². The van der Waals surface area contributed by atoms with Crippen molar-refractivity contribution < 1.29 is 5.11 Å². The summed E-state index contributed by atoms with van der Waals surface area (Å²) in [5, 5.41) is 8.81. The monoisotopic (exact) mass is 233 g/mol. The lowest BCUT2D eigenvalue weighted by molar-refractivity contribution is 0.216. The molecular weight excluding hydrogens is 218 g/mol. The van der Waals surface area contributed by atoms with Gasteiger partial charge >= 0.3 is 0 Å². The molecule has 0 aliphatic rings. The van der Waals surface area contributed by atoms with Gasteiger partial charge in [0.25, 0.3) is 5.56 Å². The minimum Gasteiger partial charge on any atom is -0.395 e. The quantitative estimate of drug-likeness (QED) is 0.815. The molecule has 2 heterocycles. The Morgan fingerprint density at radius 3 is 3.06 bits per heavy atom. The van der Waals surface area contributed by atoms with Gasteiger partial charge in [0.15, 0.2) is 0 Å². The molecule has 2 aromatic rings. The third kappa shape index (κ3) is 2.69. The van der Waals surface area contributed by atoms with E-state index in [-0.39, 0.29) is 12.2 Å². The van der Waals surface area contributed by atoms with Gasteiger partial charge < -0.3 is 5.11 Å². The summed E-state index contributed by atoms with van der Waals surface area (Å²) in [6.07, 6.45) is 1.70. The van der Waals surface area contributed by atoms with Gasteiger partial charge in [-0.15, -0.1) is 0 Å². The molecule has 0 saturated carbocycles. The Labute approximate surface area is 99.0 Å². The number of aliphatic hydroxyl groups excluding tert-OH is 1. The minimum absolute atomic E-state index is 0.0806. The van der Waals surface area contributed by atoms with Crippen LogP contribution >= 0.6 is 0 Å². The average molecular weight is 233 g/mol. The molecule has 0 bridgehead atoms. The van der Waals surface area contributed by atoms with Crippen molar-refractivity contribution in [2.45, 2.75) is 6.54 Å². The molecule has 5 heteroatoms. The molecule has 0 spiro atoms. The average Bonchev–Trinajstić information content (AvgIpc) is 2.29. The first kappa shape index (κ1) is 11.8. The Hall–Kier alpha value is -1.72. The zero-order valence-electron chi connectivity index (χ0n) is 9.71. The Morgan fingerprint density at radius 2 is 2.29 bits per heavy atom. The normalized spacial score (nSPS) is 11.2. The van der Waals surface area contributed by atoms with Crippen molar-refractivity contribution in [3.05, 3.63) is 46.5 Å². The van der Waals surface area contributed by atoms with Gasteiger partial charge in [-0.1, -0.05) is 6.07 Å². The first-order chi connectivity index (χ1) is 8.20. The highest BCUT2D eigenvalue weighted by Gasteiger charge is 2.04. The van der Waals surface area contributed by atoms with E-state index in [0.717, 1.165) is 5.69 Å². The molecule has 0 radical (unpaired) electrons. The van der Waals surface area contributed by atoms with Crippen LogP contribution in [-0.2, 0) is 6.54 Å². The molecule has 5 nitrogen and oxygen atoms in total. The van der Waals surface area contributed by atoms with Crippen LogP contribution in [0.15, 0.2) is 35.3 Å². The Balaban J connectivity index is 2.33. The van der Waals surface area contributed by atoms with Crippen LogP contribution in [0.4, 0.5) is 0 Å². The van der Waals surface area contributed by atoms with Crippen LogP contribution in [0.1, 0.15) is 5.69 Å². The predicted octanol–water partition coefficient (Wildman–Crippen LogP) is 0.119. The maximum Gasteiger partial charge on any atom is 0.258 e. The number of hydrogen-bond acceptors (Lipinski definition) is 4. The van der Waals surface area contributed by atoms with Gasteiger partial charge in [-0.3, -0.25) is 14.1 Å². The number of aromatic nitrogens is 2.